The fourth-order valence-electron chi connectivity index (χ4n) is 5.62. The minimum Gasteiger partial charge on any atom is -0.478 e. The Kier molecular flexibility index (Phi) is 6.84. The summed E-state index contributed by atoms with van der Waals surface area (Å²) in [7, 11) is 0. The summed E-state index contributed by atoms with van der Waals surface area (Å²) in [6.45, 7) is 2.46. The van der Waals surface area contributed by atoms with E-state index in [1.807, 2.05) is 0 Å². The summed E-state index contributed by atoms with van der Waals surface area (Å²) in [5.41, 5.74) is 6.26. The van der Waals surface area contributed by atoms with Crippen molar-refractivity contribution in [3.05, 3.63) is 89.5 Å². The van der Waals surface area contributed by atoms with Gasteiger partial charge in [0.15, 0.2) is 0 Å². The first-order valence-corrected chi connectivity index (χ1v) is 12.7. The Hall–Kier alpha value is -3.27. The highest BCUT2D eigenvalue weighted by molar-refractivity contribution is 5.88. The third kappa shape index (κ3) is 5.44. The number of anilines is 3. The van der Waals surface area contributed by atoms with Crippen molar-refractivity contribution in [3.63, 3.8) is 0 Å². The molecule has 1 saturated heterocycles. The number of hydrogen-bond acceptors (Lipinski definition) is 3. The molecule has 2 N–H and O–H groups in total. The zero-order chi connectivity index (χ0) is 23.3. The Labute approximate surface area is 202 Å². The minimum atomic E-state index is -0.908. The molecule has 1 saturated carbocycles. The van der Waals surface area contributed by atoms with Crippen LogP contribution in [0.1, 0.15) is 53.6 Å². The average Bonchev–Trinajstić information content (AvgIpc) is 2.89. The van der Waals surface area contributed by atoms with Gasteiger partial charge in [-0.3, -0.25) is 0 Å². The second-order valence-corrected chi connectivity index (χ2v) is 9.91. The van der Waals surface area contributed by atoms with Crippen LogP contribution in [0.25, 0.3) is 0 Å². The number of aryl methyl sites for hydroxylation is 2. The molecule has 2 atom stereocenters. The summed E-state index contributed by atoms with van der Waals surface area (Å²) >= 11 is 0. The maximum Gasteiger partial charge on any atom is 0.335 e. The second kappa shape index (κ2) is 10.3. The second-order valence-electron chi connectivity index (χ2n) is 9.91. The molecular formula is C30H34N2O2. The lowest BCUT2D eigenvalue weighted by Crippen LogP contribution is -2.41. The van der Waals surface area contributed by atoms with Crippen molar-refractivity contribution in [2.75, 3.05) is 23.3 Å². The molecule has 34 heavy (non-hydrogen) atoms. The van der Waals surface area contributed by atoms with Crippen LogP contribution in [0.3, 0.4) is 0 Å². The third-order valence-corrected chi connectivity index (χ3v) is 7.67. The van der Waals surface area contributed by atoms with E-state index in [9.17, 15) is 4.79 Å². The molecule has 1 aliphatic heterocycles. The number of carbonyl (C=O) groups is 1. The van der Waals surface area contributed by atoms with Crippen molar-refractivity contribution in [2.24, 2.45) is 11.8 Å². The Morgan fingerprint density at radius 2 is 1.32 bits per heavy atom. The van der Waals surface area contributed by atoms with Crippen molar-refractivity contribution < 1.29 is 9.90 Å². The van der Waals surface area contributed by atoms with Crippen LogP contribution in [0.2, 0.25) is 0 Å². The molecule has 3 aromatic carbocycles. The maximum atomic E-state index is 11.0. The molecule has 1 aliphatic carbocycles. The highest BCUT2D eigenvalue weighted by Gasteiger charge is 2.31. The van der Waals surface area contributed by atoms with Crippen molar-refractivity contribution in [3.8, 4) is 0 Å². The smallest absolute Gasteiger partial charge is 0.335 e. The molecule has 4 nitrogen and oxygen atoms in total. The molecule has 1 heterocycles. The quantitative estimate of drug-likeness (QED) is 0.406. The van der Waals surface area contributed by atoms with Crippen LogP contribution in [0.15, 0.2) is 72.8 Å². The number of fused-ring (bicyclic) bond motifs is 1. The van der Waals surface area contributed by atoms with Gasteiger partial charge in [-0.2, -0.15) is 0 Å². The van der Waals surface area contributed by atoms with Crippen molar-refractivity contribution in [1.82, 2.24) is 0 Å². The normalized spacial score (nSPS) is 19.9. The maximum absolute atomic E-state index is 11.0. The summed E-state index contributed by atoms with van der Waals surface area (Å²) in [6, 6.07) is 24.5. The standard InChI is InChI=1S/C30H34N2O2/c33-30(34)25-11-15-28(16-12-25)31-27-13-7-22(8-14-27)5-6-23-9-17-29(18-10-23)32-20-19-24-3-1-2-4-26(24)21-32/h7-18,24,26,31H,1-6,19-21H2,(H,33,34). The van der Waals surface area contributed by atoms with Gasteiger partial charge in [0.1, 0.15) is 0 Å². The van der Waals surface area contributed by atoms with Crippen LogP contribution in [-0.2, 0) is 12.8 Å². The number of piperidine rings is 1. The van der Waals surface area contributed by atoms with E-state index >= 15 is 0 Å². The first-order valence-electron chi connectivity index (χ1n) is 12.7. The summed E-state index contributed by atoms with van der Waals surface area (Å²) in [6.07, 6.45) is 9.15. The van der Waals surface area contributed by atoms with E-state index in [2.05, 4.69) is 58.7 Å². The van der Waals surface area contributed by atoms with Crippen LogP contribution in [0, 0.1) is 11.8 Å². The highest BCUT2D eigenvalue weighted by atomic mass is 16.4. The van der Waals surface area contributed by atoms with Gasteiger partial charge in [-0.05, 0) is 97.2 Å². The summed E-state index contributed by atoms with van der Waals surface area (Å²) in [5, 5.41) is 12.3. The molecule has 3 aromatic rings. The van der Waals surface area contributed by atoms with Crippen LogP contribution >= 0.6 is 0 Å². The molecule has 5 rings (SSSR count). The number of benzene rings is 3. The van der Waals surface area contributed by atoms with Gasteiger partial charge in [0.2, 0.25) is 0 Å². The lowest BCUT2D eigenvalue weighted by molar-refractivity contribution is 0.0697. The Morgan fingerprint density at radius 1 is 0.765 bits per heavy atom. The molecule has 2 aliphatic rings. The summed E-state index contributed by atoms with van der Waals surface area (Å²) in [5.74, 6) is 0.974. The minimum absolute atomic E-state index is 0.294. The molecular weight excluding hydrogens is 420 g/mol. The van der Waals surface area contributed by atoms with Gasteiger partial charge in [-0.15, -0.1) is 0 Å². The van der Waals surface area contributed by atoms with Gasteiger partial charge in [-0.1, -0.05) is 43.5 Å². The van der Waals surface area contributed by atoms with Crippen molar-refractivity contribution in [1.29, 1.82) is 0 Å². The number of hydrogen-bond donors (Lipinski definition) is 2. The monoisotopic (exact) mass is 454 g/mol. The Morgan fingerprint density at radius 3 is 1.94 bits per heavy atom. The van der Waals surface area contributed by atoms with Gasteiger partial charge >= 0.3 is 5.97 Å². The molecule has 2 unspecified atom stereocenters. The summed E-state index contributed by atoms with van der Waals surface area (Å²) < 4.78 is 0. The molecule has 0 radical (unpaired) electrons. The first kappa shape index (κ1) is 22.5. The van der Waals surface area contributed by atoms with Gasteiger partial charge < -0.3 is 15.3 Å². The van der Waals surface area contributed by atoms with Gasteiger partial charge in [0, 0.05) is 30.2 Å². The van der Waals surface area contributed by atoms with Crippen molar-refractivity contribution >= 4 is 23.0 Å². The lowest BCUT2D eigenvalue weighted by Gasteiger charge is -2.42. The molecule has 0 spiro atoms. The third-order valence-electron chi connectivity index (χ3n) is 7.67. The number of nitrogens with one attached hydrogen (secondary N) is 1. The number of carboxylic acids is 1. The number of aromatic carboxylic acids is 1. The topological polar surface area (TPSA) is 52.6 Å². The van der Waals surface area contributed by atoms with Crippen LogP contribution in [0.4, 0.5) is 17.1 Å². The van der Waals surface area contributed by atoms with Crippen LogP contribution in [-0.4, -0.2) is 24.2 Å². The van der Waals surface area contributed by atoms with Gasteiger partial charge in [-0.25, -0.2) is 4.79 Å². The van der Waals surface area contributed by atoms with Crippen LogP contribution < -0.4 is 10.2 Å². The van der Waals surface area contributed by atoms with E-state index in [4.69, 9.17) is 5.11 Å². The predicted octanol–water partition coefficient (Wildman–Crippen LogP) is 6.93. The lowest BCUT2D eigenvalue weighted by atomic mass is 9.75. The van der Waals surface area contributed by atoms with E-state index in [0.717, 1.165) is 36.1 Å². The predicted molar refractivity (Wildman–Crippen MR) is 139 cm³/mol. The van der Waals surface area contributed by atoms with E-state index in [0.29, 0.717) is 5.56 Å². The van der Waals surface area contributed by atoms with E-state index < -0.39 is 5.97 Å². The molecule has 0 aromatic heterocycles. The first-order chi connectivity index (χ1) is 16.6. The molecule has 4 heteroatoms. The zero-order valence-electron chi connectivity index (χ0n) is 19.7. The van der Waals surface area contributed by atoms with Crippen LogP contribution in [0.5, 0.6) is 0 Å². The van der Waals surface area contributed by atoms with E-state index in [1.165, 1.54) is 62.0 Å². The highest BCUT2D eigenvalue weighted by Crippen LogP contribution is 2.37. The zero-order valence-corrected chi connectivity index (χ0v) is 19.7. The molecule has 176 valence electrons. The van der Waals surface area contributed by atoms with Gasteiger partial charge in [0.05, 0.1) is 5.56 Å². The fraction of sp³-hybridized carbons (Fsp3) is 0.367. The van der Waals surface area contributed by atoms with E-state index in [1.54, 1.807) is 24.3 Å². The van der Waals surface area contributed by atoms with Crippen molar-refractivity contribution in [2.45, 2.75) is 44.9 Å². The average molecular weight is 455 g/mol. The largest absolute Gasteiger partial charge is 0.478 e. The summed E-state index contributed by atoms with van der Waals surface area (Å²) in [4.78, 5) is 13.6. The number of nitrogens with zero attached hydrogens (tertiary/aromatic N) is 1. The molecule has 0 bridgehead atoms. The van der Waals surface area contributed by atoms with E-state index in [-0.39, 0.29) is 0 Å². The SMILES string of the molecule is O=C(O)c1ccc(Nc2ccc(CCc3ccc(N4CCC5CCCCC5C4)cc3)cc2)cc1. The number of rotatable bonds is 7. The molecule has 0 amide bonds. The Bertz CT molecular complexity index is 1090. The fourth-order valence-corrected chi connectivity index (χ4v) is 5.62. The number of carboxylic acid groups (broad SMARTS) is 1. The molecule has 2 fully saturated rings. The Balaban J connectivity index is 1.12. The van der Waals surface area contributed by atoms with Gasteiger partial charge in [0.25, 0.3) is 0 Å².